The molecule has 0 aliphatic carbocycles. The highest BCUT2D eigenvalue weighted by atomic mass is 16.5. The first kappa shape index (κ1) is 28.7. The van der Waals surface area contributed by atoms with Crippen LogP contribution in [0.2, 0.25) is 0 Å². The van der Waals surface area contributed by atoms with Gasteiger partial charge in [-0.3, -0.25) is 4.79 Å². The zero-order valence-corrected chi connectivity index (χ0v) is 22.5. The van der Waals surface area contributed by atoms with Crippen LogP contribution in [-0.2, 0) is 19.6 Å². The van der Waals surface area contributed by atoms with Crippen molar-refractivity contribution in [2.45, 2.75) is 32.1 Å². The molecule has 7 heteroatoms. The van der Waals surface area contributed by atoms with Crippen molar-refractivity contribution in [3.05, 3.63) is 125 Å². The zero-order valence-electron chi connectivity index (χ0n) is 22.5. The van der Waals surface area contributed by atoms with Crippen LogP contribution >= 0.6 is 0 Å². The Labute approximate surface area is 235 Å². The van der Waals surface area contributed by atoms with E-state index in [9.17, 15) is 15.0 Å². The van der Waals surface area contributed by atoms with Crippen LogP contribution < -0.4 is 20.1 Å². The first-order valence-electron chi connectivity index (χ1n) is 13.5. The molecule has 4 aromatic rings. The molecule has 40 heavy (non-hydrogen) atoms. The Hall–Kier alpha value is -4.33. The fourth-order valence-electron chi connectivity index (χ4n) is 4.10. The Morgan fingerprint density at radius 3 is 2.17 bits per heavy atom. The van der Waals surface area contributed by atoms with Gasteiger partial charge < -0.3 is 30.3 Å². The number of aliphatic hydroxyl groups excluding tert-OH is 1. The molecule has 1 atom stereocenters. The standard InChI is InChI=1S/C33H36N2O5/c36-28(14-11-25-12-15-29(16-13-25)40-24-27-9-5-2-6-10-27)23-34-19-20-39-30-17-18-32(37)31(21-30)33(38)35-22-26-7-3-1-4-8-26/h1-10,12-13,15-18,21,28,34,36-37H,11,14,19-20,22-24H2,(H,35,38). The number of aliphatic hydroxyl groups is 1. The van der Waals surface area contributed by atoms with E-state index in [1.54, 1.807) is 6.07 Å². The van der Waals surface area contributed by atoms with E-state index in [1.165, 1.54) is 12.1 Å². The number of benzene rings is 4. The molecule has 0 aliphatic rings. The summed E-state index contributed by atoms with van der Waals surface area (Å²) in [6, 6.07) is 32.2. The van der Waals surface area contributed by atoms with Crippen LogP contribution in [0, 0.1) is 0 Å². The maximum Gasteiger partial charge on any atom is 0.255 e. The predicted molar refractivity (Wildman–Crippen MR) is 156 cm³/mol. The number of carbonyl (C=O) groups excluding carboxylic acids is 1. The second-order valence-electron chi connectivity index (χ2n) is 9.51. The molecule has 4 N–H and O–H groups in total. The van der Waals surface area contributed by atoms with Gasteiger partial charge in [-0.15, -0.1) is 0 Å². The van der Waals surface area contributed by atoms with Crippen molar-refractivity contribution in [3.8, 4) is 17.2 Å². The van der Waals surface area contributed by atoms with Crippen LogP contribution in [0.3, 0.4) is 0 Å². The zero-order chi connectivity index (χ0) is 28.0. The molecule has 0 saturated heterocycles. The fraction of sp³-hybridized carbons (Fsp3) is 0.242. The summed E-state index contributed by atoms with van der Waals surface area (Å²) in [7, 11) is 0. The third-order valence-corrected chi connectivity index (χ3v) is 6.37. The Bertz CT molecular complexity index is 1310. The first-order valence-corrected chi connectivity index (χ1v) is 13.5. The fourth-order valence-corrected chi connectivity index (χ4v) is 4.10. The monoisotopic (exact) mass is 540 g/mol. The summed E-state index contributed by atoms with van der Waals surface area (Å²) >= 11 is 0. The van der Waals surface area contributed by atoms with Crippen molar-refractivity contribution in [2.75, 3.05) is 19.7 Å². The van der Waals surface area contributed by atoms with E-state index in [0.717, 1.165) is 28.9 Å². The van der Waals surface area contributed by atoms with Crippen LogP contribution in [0.25, 0.3) is 0 Å². The lowest BCUT2D eigenvalue weighted by molar-refractivity contribution is 0.0947. The van der Waals surface area contributed by atoms with Crippen LogP contribution in [0.4, 0.5) is 0 Å². The normalized spacial score (nSPS) is 11.5. The van der Waals surface area contributed by atoms with E-state index in [4.69, 9.17) is 9.47 Å². The summed E-state index contributed by atoms with van der Waals surface area (Å²) in [4.78, 5) is 12.5. The number of phenols is 1. The molecule has 0 aromatic heterocycles. The molecule has 0 radical (unpaired) electrons. The Morgan fingerprint density at radius 1 is 0.775 bits per heavy atom. The number of ether oxygens (including phenoxy) is 2. The summed E-state index contributed by atoms with van der Waals surface area (Å²) in [6.07, 6.45) is 0.918. The quantitative estimate of drug-likeness (QED) is 0.161. The molecule has 0 fully saturated rings. The largest absolute Gasteiger partial charge is 0.507 e. The summed E-state index contributed by atoms with van der Waals surface area (Å²) in [6.45, 7) is 2.23. The van der Waals surface area contributed by atoms with E-state index in [0.29, 0.717) is 45.0 Å². The summed E-state index contributed by atoms with van der Waals surface area (Å²) in [5.41, 5.74) is 3.40. The third-order valence-electron chi connectivity index (χ3n) is 6.37. The van der Waals surface area contributed by atoms with Gasteiger partial charge in [0.15, 0.2) is 0 Å². The van der Waals surface area contributed by atoms with Crippen molar-refractivity contribution in [1.29, 1.82) is 0 Å². The smallest absolute Gasteiger partial charge is 0.255 e. The minimum Gasteiger partial charge on any atom is -0.507 e. The van der Waals surface area contributed by atoms with Gasteiger partial charge in [-0.1, -0.05) is 72.8 Å². The predicted octanol–water partition coefficient (Wildman–Crippen LogP) is 4.86. The highest BCUT2D eigenvalue weighted by molar-refractivity contribution is 5.97. The molecule has 0 heterocycles. The average Bonchev–Trinajstić information content (AvgIpc) is 3.00. The number of carbonyl (C=O) groups is 1. The van der Waals surface area contributed by atoms with Gasteiger partial charge in [-0.2, -0.15) is 0 Å². The minimum atomic E-state index is -0.484. The average molecular weight is 541 g/mol. The summed E-state index contributed by atoms with van der Waals surface area (Å²) in [5.74, 6) is 0.834. The van der Waals surface area contributed by atoms with Crippen LogP contribution in [0.5, 0.6) is 17.2 Å². The Balaban J connectivity index is 1.11. The van der Waals surface area contributed by atoms with E-state index in [-0.39, 0.29) is 17.2 Å². The van der Waals surface area contributed by atoms with Crippen molar-refractivity contribution in [2.24, 2.45) is 0 Å². The molecule has 1 unspecified atom stereocenters. The van der Waals surface area contributed by atoms with Gasteiger partial charge in [0.2, 0.25) is 0 Å². The lowest BCUT2D eigenvalue weighted by Crippen LogP contribution is -2.30. The van der Waals surface area contributed by atoms with Gasteiger partial charge in [0.25, 0.3) is 5.91 Å². The molecule has 0 aliphatic heterocycles. The molecule has 7 nitrogen and oxygen atoms in total. The lowest BCUT2D eigenvalue weighted by atomic mass is 10.1. The molecule has 4 rings (SSSR count). The maximum atomic E-state index is 12.5. The van der Waals surface area contributed by atoms with E-state index in [2.05, 4.69) is 10.6 Å². The number of amides is 1. The van der Waals surface area contributed by atoms with Gasteiger partial charge in [-0.25, -0.2) is 0 Å². The SMILES string of the molecule is O=C(NCc1ccccc1)c1cc(OCCNCC(O)CCc2ccc(OCc3ccccc3)cc2)ccc1O. The van der Waals surface area contributed by atoms with Gasteiger partial charge >= 0.3 is 0 Å². The van der Waals surface area contributed by atoms with Gasteiger partial charge in [0, 0.05) is 19.6 Å². The molecule has 0 saturated carbocycles. The molecule has 0 bridgehead atoms. The topological polar surface area (TPSA) is 100 Å². The maximum absolute atomic E-state index is 12.5. The highest BCUT2D eigenvalue weighted by Gasteiger charge is 2.13. The molecular weight excluding hydrogens is 504 g/mol. The molecule has 208 valence electrons. The number of aromatic hydroxyl groups is 1. The number of phenolic OH excluding ortho intramolecular Hbond substituents is 1. The Kier molecular flexibility index (Phi) is 11.0. The highest BCUT2D eigenvalue weighted by Crippen LogP contribution is 2.23. The van der Waals surface area contributed by atoms with Crippen molar-refractivity contribution in [1.82, 2.24) is 10.6 Å². The van der Waals surface area contributed by atoms with Crippen molar-refractivity contribution < 1.29 is 24.5 Å². The second-order valence-corrected chi connectivity index (χ2v) is 9.51. The summed E-state index contributed by atoms with van der Waals surface area (Å²) in [5, 5.41) is 26.5. The van der Waals surface area contributed by atoms with Crippen molar-refractivity contribution >= 4 is 5.91 Å². The molecule has 1 amide bonds. The van der Waals surface area contributed by atoms with Gasteiger partial charge in [0.1, 0.15) is 30.5 Å². The number of aryl methyl sites for hydroxylation is 1. The summed E-state index contributed by atoms with van der Waals surface area (Å²) < 4.78 is 11.6. The number of hydrogen-bond donors (Lipinski definition) is 4. The molecule has 0 spiro atoms. The van der Waals surface area contributed by atoms with E-state index >= 15 is 0 Å². The number of rotatable bonds is 15. The molecular formula is C33H36N2O5. The minimum absolute atomic E-state index is 0.103. The van der Waals surface area contributed by atoms with E-state index in [1.807, 2.05) is 84.9 Å². The first-order chi connectivity index (χ1) is 19.6. The Morgan fingerprint density at radius 2 is 1.45 bits per heavy atom. The van der Waals surface area contributed by atoms with Crippen LogP contribution in [-0.4, -0.2) is 41.9 Å². The van der Waals surface area contributed by atoms with E-state index < -0.39 is 6.10 Å². The third kappa shape index (κ3) is 9.45. The van der Waals surface area contributed by atoms with Crippen molar-refractivity contribution in [3.63, 3.8) is 0 Å². The second kappa shape index (κ2) is 15.3. The van der Waals surface area contributed by atoms with Crippen LogP contribution in [0.1, 0.15) is 33.5 Å². The number of nitrogens with one attached hydrogen (secondary N) is 2. The lowest BCUT2D eigenvalue weighted by Gasteiger charge is -2.13. The van der Waals surface area contributed by atoms with Crippen LogP contribution in [0.15, 0.2) is 103 Å². The molecule has 4 aromatic carbocycles. The van der Waals surface area contributed by atoms with Gasteiger partial charge in [-0.05, 0) is 59.9 Å². The van der Waals surface area contributed by atoms with Gasteiger partial charge in [0.05, 0.1) is 11.7 Å². The number of hydrogen-bond acceptors (Lipinski definition) is 6.